The molecule has 0 aliphatic rings. The van der Waals surface area contributed by atoms with Gasteiger partial charge in [-0.25, -0.2) is 0 Å². The molecule has 1 aromatic carbocycles. The normalized spacial score (nSPS) is 9.62. The van der Waals surface area contributed by atoms with Crippen LogP contribution in [0.25, 0.3) is 0 Å². The molecule has 1 nitrogen and oxygen atoms in total. The van der Waals surface area contributed by atoms with E-state index < -0.39 is 0 Å². The van der Waals surface area contributed by atoms with Crippen molar-refractivity contribution in [3.8, 4) is 5.75 Å². The molecule has 0 spiro atoms. The zero-order chi connectivity index (χ0) is 9.46. The third kappa shape index (κ3) is 2.04. The molecule has 0 amide bonds. The van der Waals surface area contributed by atoms with Crippen LogP contribution in [0.2, 0.25) is 0 Å². The zero-order valence-corrected chi connectivity index (χ0v) is 11.4. The molecule has 0 radical (unpaired) electrons. The third-order valence-electron chi connectivity index (χ3n) is 2.96. The summed E-state index contributed by atoms with van der Waals surface area (Å²) in [6.07, 6.45) is 0. The first-order valence-corrected chi connectivity index (χ1v) is 4.22. The van der Waals surface area contributed by atoms with Crippen LogP contribution in [-0.4, -0.2) is 5.11 Å². The number of benzene rings is 1. The largest absolute Gasteiger partial charge is 0.507 e. The molecule has 0 bridgehead atoms. The van der Waals surface area contributed by atoms with Crippen LogP contribution in [0.4, 0.5) is 0 Å². The van der Waals surface area contributed by atoms with Gasteiger partial charge in [0.05, 0.1) is 0 Å². The summed E-state index contributed by atoms with van der Waals surface area (Å²) in [5, 5.41) is 9.69. The second kappa shape index (κ2) is 4.41. The Labute approximate surface area is 99.3 Å². The minimum absolute atomic E-state index is 0. The monoisotopic (exact) mass is 254 g/mol. The number of hydrogen-bond acceptors (Lipinski definition) is 1. The van der Waals surface area contributed by atoms with Gasteiger partial charge in [-0.15, -0.1) is 0 Å². The van der Waals surface area contributed by atoms with Gasteiger partial charge in [0.15, 0.2) is 0 Å². The van der Waals surface area contributed by atoms with Crippen molar-refractivity contribution in [2.24, 2.45) is 0 Å². The minimum atomic E-state index is 0. The molecule has 1 aromatic rings. The van der Waals surface area contributed by atoms with Gasteiger partial charge in [-0.1, -0.05) is 0 Å². The van der Waals surface area contributed by atoms with E-state index >= 15 is 0 Å². The molecule has 0 saturated heterocycles. The summed E-state index contributed by atoms with van der Waals surface area (Å²) in [7, 11) is 0. The van der Waals surface area contributed by atoms with E-state index in [-0.39, 0.29) is 26.2 Å². The standard InChI is InChI=1S/C11H16O.Zr/c1-6-7(2)9(4)11(12)10(5)8(6)3;/h12H,1-5H3;. The topological polar surface area (TPSA) is 20.2 Å². The van der Waals surface area contributed by atoms with E-state index in [0.29, 0.717) is 5.75 Å². The van der Waals surface area contributed by atoms with Crippen molar-refractivity contribution in [1.82, 2.24) is 0 Å². The molecule has 1 rings (SSSR count). The fourth-order valence-corrected chi connectivity index (χ4v) is 1.48. The Morgan fingerprint density at radius 3 is 1.15 bits per heavy atom. The summed E-state index contributed by atoms with van der Waals surface area (Å²) < 4.78 is 0. The minimum Gasteiger partial charge on any atom is -0.507 e. The van der Waals surface area contributed by atoms with Crippen LogP contribution < -0.4 is 0 Å². The van der Waals surface area contributed by atoms with Gasteiger partial charge in [-0.05, 0) is 62.4 Å². The van der Waals surface area contributed by atoms with Gasteiger partial charge in [0, 0.05) is 26.2 Å². The fraction of sp³-hybridized carbons (Fsp3) is 0.455. The summed E-state index contributed by atoms with van der Waals surface area (Å²) in [6, 6.07) is 0. The van der Waals surface area contributed by atoms with Crippen LogP contribution in [0.15, 0.2) is 0 Å². The second-order valence-electron chi connectivity index (χ2n) is 3.47. The molecule has 0 aliphatic carbocycles. The van der Waals surface area contributed by atoms with Crippen molar-refractivity contribution in [2.75, 3.05) is 0 Å². The van der Waals surface area contributed by atoms with E-state index in [1.165, 1.54) is 16.7 Å². The molecule has 13 heavy (non-hydrogen) atoms. The predicted octanol–water partition coefficient (Wildman–Crippen LogP) is 2.93. The number of rotatable bonds is 0. The van der Waals surface area contributed by atoms with E-state index in [1.807, 2.05) is 13.8 Å². The van der Waals surface area contributed by atoms with Gasteiger partial charge in [0.25, 0.3) is 0 Å². The van der Waals surface area contributed by atoms with Gasteiger partial charge < -0.3 is 5.11 Å². The maximum Gasteiger partial charge on any atom is 0.121 e. The van der Waals surface area contributed by atoms with E-state index in [4.69, 9.17) is 0 Å². The van der Waals surface area contributed by atoms with Crippen molar-refractivity contribution < 1.29 is 31.3 Å². The SMILES string of the molecule is Cc1c(C)c(C)c(O)c(C)c1C.[Zr]. The van der Waals surface area contributed by atoms with Crippen LogP contribution >= 0.6 is 0 Å². The smallest absolute Gasteiger partial charge is 0.121 e. The van der Waals surface area contributed by atoms with Crippen LogP contribution in [0, 0.1) is 34.6 Å². The van der Waals surface area contributed by atoms with Crippen LogP contribution in [0.5, 0.6) is 5.75 Å². The Bertz CT molecular complexity index is 224. The van der Waals surface area contributed by atoms with Crippen molar-refractivity contribution >= 4 is 0 Å². The molecule has 0 fully saturated rings. The van der Waals surface area contributed by atoms with E-state index in [1.54, 1.807) is 0 Å². The van der Waals surface area contributed by atoms with Crippen LogP contribution in [0.3, 0.4) is 0 Å². The Hall–Kier alpha value is -0.0969. The van der Waals surface area contributed by atoms with Gasteiger partial charge in [-0.3, -0.25) is 0 Å². The Morgan fingerprint density at radius 1 is 0.615 bits per heavy atom. The third-order valence-corrected chi connectivity index (χ3v) is 2.96. The quantitative estimate of drug-likeness (QED) is 0.756. The van der Waals surface area contributed by atoms with E-state index in [0.717, 1.165) is 11.1 Å². The average Bonchev–Trinajstić information content (AvgIpc) is 2.08. The summed E-state index contributed by atoms with van der Waals surface area (Å²) >= 11 is 0. The van der Waals surface area contributed by atoms with Gasteiger partial charge in [0.2, 0.25) is 0 Å². The summed E-state index contributed by atoms with van der Waals surface area (Å²) in [4.78, 5) is 0. The number of hydrogen-bond donors (Lipinski definition) is 1. The molecule has 0 aromatic heterocycles. The number of phenols is 1. The molecular formula is C11H16OZr. The van der Waals surface area contributed by atoms with Crippen molar-refractivity contribution in [3.05, 3.63) is 27.8 Å². The number of phenolic OH excluding ortho intramolecular Hbond substituents is 1. The van der Waals surface area contributed by atoms with Crippen LogP contribution in [-0.2, 0) is 26.2 Å². The summed E-state index contributed by atoms with van der Waals surface area (Å²) in [5.74, 6) is 0.454. The Balaban J connectivity index is 0.00000144. The van der Waals surface area contributed by atoms with Crippen LogP contribution in [0.1, 0.15) is 27.8 Å². The second-order valence-corrected chi connectivity index (χ2v) is 3.47. The number of aromatic hydroxyl groups is 1. The predicted molar refractivity (Wildman–Crippen MR) is 51.8 cm³/mol. The molecule has 70 valence electrons. The van der Waals surface area contributed by atoms with E-state index in [2.05, 4.69) is 20.8 Å². The molecule has 0 saturated carbocycles. The van der Waals surface area contributed by atoms with E-state index in [9.17, 15) is 5.11 Å². The zero-order valence-electron chi connectivity index (χ0n) is 8.95. The molecule has 0 unspecified atom stereocenters. The maximum atomic E-state index is 9.69. The molecule has 0 atom stereocenters. The first-order valence-electron chi connectivity index (χ1n) is 4.22. The average molecular weight is 255 g/mol. The molecule has 1 N–H and O–H groups in total. The molecule has 0 heterocycles. The summed E-state index contributed by atoms with van der Waals surface area (Å²) in [5.41, 5.74) is 5.72. The first kappa shape index (κ1) is 12.9. The fourth-order valence-electron chi connectivity index (χ4n) is 1.48. The van der Waals surface area contributed by atoms with Gasteiger partial charge in [0.1, 0.15) is 5.75 Å². The molecule has 0 aliphatic heterocycles. The van der Waals surface area contributed by atoms with Crippen molar-refractivity contribution in [1.29, 1.82) is 0 Å². The molecular weight excluding hydrogens is 239 g/mol. The maximum absolute atomic E-state index is 9.69. The van der Waals surface area contributed by atoms with Crippen molar-refractivity contribution in [2.45, 2.75) is 34.6 Å². The van der Waals surface area contributed by atoms with Gasteiger partial charge in [-0.2, -0.15) is 0 Å². The molecule has 2 heteroatoms. The Kier molecular flexibility index (Phi) is 4.38. The summed E-state index contributed by atoms with van der Waals surface area (Å²) in [6.45, 7) is 10.1. The van der Waals surface area contributed by atoms with Crippen molar-refractivity contribution in [3.63, 3.8) is 0 Å². The Morgan fingerprint density at radius 2 is 0.846 bits per heavy atom. The first-order chi connectivity index (χ1) is 5.46. The van der Waals surface area contributed by atoms with Gasteiger partial charge >= 0.3 is 0 Å².